The molecule has 1 amide bonds. The summed E-state index contributed by atoms with van der Waals surface area (Å²) in [5.41, 5.74) is 0. The van der Waals surface area contributed by atoms with Crippen LogP contribution in [-0.2, 0) is 17.9 Å². The molecule has 0 spiro atoms. The second-order valence-corrected chi connectivity index (χ2v) is 4.27. The summed E-state index contributed by atoms with van der Waals surface area (Å²) in [5.74, 6) is 0.989. The molecule has 6 heteroatoms. The molecule has 1 atom stereocenters. The van der Waals surface area contributed by atoms with Gasteiger partial charge in [0.25, 0.3) is 0 Å². The Labute approximate surface area is 101 Å². The predicted octanol–water partition coefficient (Wildman–Crippen LogP) is 0.0563. The lowest BCUT2D eigenvalue weighted by atomic mass is 10.1. The summed E-state index contributed by atoms with van der Waals surface area (Å²) in [6, 6.07) is -0.0875. The van der Waals surface area contributed by atoms with Crippen molar-refractivity contribution in [3.05, 3.63) is 12.2 Å². The molecule has 17 heavy (non-hydrogen) atoms. The van der Waals surface area contributed by atoms with E-state index in [4.69, 9.17) is 0 Å². The SMILES string of the molecule is CCCn1ncnc1CNC1CCCNC1=O. The van der Waals surface area contributed by atoms with Crippen molar-refractivity contribution in [2.24, 2.45) is 0 Å². The number of aryl methyl sites for hydroxylation is 1. The van der Waals surface area contributed by atoms with Crippen molar-refractivity contribution < 1.29 is 4.79 Å². The Morgan fingerprint density at radius 2 is 2.53 bits per heavy atom. The molecule has 1 aromatic heterocycles. The highest BCUT2D eigenvalue weighted by molar-refractivity contribution is 5.82. The Hall–Kier alpha value is -1.43. The zero-order chi connectivity index (χ0) is 12.1. The second-order valence-electron chi connectivity index (χ2n) is 4.27. The summed E-state index contributed by atoms with van der Waals surface area (Å²) < 4.78 is 1.88. The van der Waals surface area contributed by atoms with Crippen molar-refractivity contribution in [3.8, 4) is 0 Å². The summed E-state index contributed by atoms with van der Waals surface area (Å²) in [7, 11) is 0. The Bertz CT molecular complexity index is 376. The van der Waals surface area contributed by atoms with Crippen molar-refractivity contribution in [1.29, 1.82) is 0 Å². The average Bonchev–Trinajstić information content (AvgIpc) is 2.76. The molecule has 2 heterocycles. The van der Waals surface area contributed by atoms with E-state index >= 15 is 0 Å². The van der Waals surface area contributed by atoms with E-state index in [1.54, 1.807) is 6.33 Å². The van der Waals surface area contributed by atoms with Gasteiger partial charge >= 0.3 is 0 Å². The van der Waals surface area contributed by atoms with E-state index in [1.165, 1.54) is 0 Å². The van der Waals surface area contributed by atoms with Crippen LogP contribution in [0.1, 0.15) is 32.0 Å². The molecule has 1 aliphatic heterocycles. The van der Waals surface area contributed by atoms with Gasteiger partial charge in [0, 0.05) is 13.1 Å². The van der Waals surface area contributed by atoms with Gasteiger partial charge in [-0.25, -0.2) is 9.67 Å². The summed E-state index contributed by atoms with van der Waals surface area (Å²) in [4.78, 5) is 15.7. The lowest BCUT2D eigenvalue weighted by molar-refractivity contribution is -0.124. The maximum Gasteiger partial charge on any atom is 0.237 e. The number of carbonyl (C=O) groups excluding carboxylic acids is 1. The van der Waals surface area contributed by atoms with Crippen LogP contribution in [0.2, 0.25) is 0 Å². The largest absolute Gasteiger partial charge is 0.355 e. The molecule has 2 N–H and O–H groups in total. The van der Waals surface area contributed by atoms with Gasteiger partial charge in [0.05, 0.1) is 12.6 Å². The Morgan fingerprint density at radius 3 is 3.29 bits per heavy atom. The third-order valence-electron chi connectivity index (χ3n) is 2.92. The first-order valence-electron chi connectivity index (χ1n) is 6.19. The van der Waals surface area contributed by atoms with Gasteiger partial charge in [-0.15, -0.1) is 0 Å². The number of aromatic nitrogens is 3. The predicted molar refractivity (Wildman–Crippen MR) is 63.2 cm³/mol. The number of piperidine rings is 1. The molecule has 0 aromatic carbocycles. The highest BCUT2D eigenvalue weighted by atomic mass is 16.2. The van der Waals surface area contributed by atoms with E-state index in [0.717, 1.165) is 38.2 Å². The highest BCUT2D eigenvalue weighted by Gasteiger charge is 2.21. The number of hydrogen-bond acceptors (Lipinski definition) is 4. The normalized spacial score (nSPS) is 20.3. The molecule has 1 saturated heterocycles. The quantitative estimate of drug-likeness (QED) is 0.759. The molecule has 6 nitrogen and oxygen atoms in total. The molecular weight excluding hydrogens is 218 g/mol. The van der Waals surface area contributed by atoms with E-state index in [-0.39, 0.29) is 11.9 Å². The average molecular weight is 237 g/mol. The lowest BCUT2D eigenvalue weighted by Crippen LogP contribution is -2.48. The van der Waals surface area contributed by atoms with Gasteiger partial charge in [-0.05, 0) is 19.3 Å². The number of hydrogen-bond donors (Lipinski definition) is 2. The molecule has 1 fully saturated rings. The van der Waals surface area contributed by atoms with E-state index in [1.807, 2.05) is 4.68 Å². The number of nitrogens with one attached hydrogen (secondary N) is 2. The third kappa shape index (κ3) is 3.03. The number of nitrogens with zero attached hydrogens (tertiary/aromatic N) is 3. The molecule has 2 rings (SSSR count). The van der Waals surface area contributed by atoms with Crippen LogP contribution in [-0.4, -0.2) is 33.3 Å². The highest BCUT2D eigenvalue weighted by Crippen LogP contribution is 2.04. The van der Waals surface area contributed by atoms with Crippen LogP contribution in [0.3, 0.4) is 0 Å². The first-order valence-corrected chi connectivity index (χ1v) is 6.19. The van der Waals surface area contributed by atoms with Crippen LogP contribution in [0.4, 0.5) is 0 Å². The Morgan fingerprint density at radius 1 is 1.65 bits per heavy atom. The van der Waals surface area contributed by atoms with E-state index in [0.29, 0.717) is 6.54 Å². The number of amides is 1. The van der Waals surface area contributed by atoms with Gasteiger partial charge in [-0.3, -0.25) is 10.1 Å². The van der Waals surface area contributed by atoms with Crippen molar-refractivity contribution in [1.82, 2.24) is 25.4 Å². The molecule has 1 unspecified atom stereocenters. The zero-order valence-electron chi connectivity index (χ0n) is 10.1. The first-order chi connectivity index (χ1) is 8.31. The molecule has 94 valence electrons. The Kier molecular flexibility index (Phi) is 4.08. The topological polar surface area (TPSA) is 71.8 Å². The van der Waals surface area contributed by atoms with Crippen LogP contribution in [0.5, 0.6) is 0 Å². The van der Waals surface area contributed by atoms with E-state index in [2.05, 4.69) is 27.6 Å². The third-order valence-corrected chi connectivity index (χ3v) is 2.92. The molecular formula is C11H19N5O. The van der Waals surface area contributed by atoms with Crippen molar-refractivity contribution in [2.75, 3.05) is 6.54 Å². The minimum atomic E-state index is -0.0875. The van der Waals surface area contributed by atoms with Crippen molar-refractivity contribution >= 4 is 5.91 Å². The van der Waals surface area contributed by atoms with Crippen LogP contribution < -0.4 is 10.6 Å². The van der Waals surface area contributed by atoms with Gasteiger partial charge in [-0.1, -0.05) is 6.92 Å². The summed E-state index contributed by atoms with van der Waals surface area (Å²) in [5, 5.41) is 10.2. The summed E-state index contributed by atoms with van der Waals surface area (Å²) >= 11 is 0. The summed E-state index contributed by atoms with van der Waals surface area (Å²) in [6.45, 7) is 4.36. The van der Waals surface area contributed by atoms with Gasteiger partial charge in [-0.2, -0.15) is 5.10 Å². The van der Waals surface area contributed by atoms with Crippen LogP contribution in [0.25, 0.3) is 0 Å². The monoisotopic (exact) mass is 237 g/mol. The Balaban J connectivity index is 1.88. The molecule has 0 saturated carbocycles. The van der Waals surface area contributed by atoms with Gasteiger partial charge < -0.3 is 5.32 Å². The van der Waals surface area contributed by atoms with E-state index in [9.17, 15) is 4.79 Å². The maximum absolute atomic E-state index is 11.5. The van der Waals surface area contributed by atoms with Gasteiger partial charge in [0.15, 0.2) is 0 Å². The van der Waals surface area contributed by atoms with Crippen LogP contribution in [0, 0.1) is 0 Å². The molecule has 0 aliphatic carbocycles. The van der Waals surface area contributed by atoms with Gasteiger partial charge in [0.1, 0.15) is 12.2 Å². The standard InChI is InChI=1S/C11H19N5O/c1-2-6-16-10(14-8-15-16)7-13-9-4-3-5-12-11(9)17/h8-9,13H,2-7H2,1H3,(H,12,17). The molecule has 0 radical (unpaired) electrons. The fourth-order valence-corrected chi connectivity index (χ4v) is 2.00. The first kappa shape index (κ1) is 12.0. The van der Waals surface area contributed by atoms with Crippen molar-refractivity contribution in [3.63, 3.8) is 0 Å². The van der Waals surface area contributed by atoms with E-state index < -0.39 is 0 Å². The lowest BCUT2D eigenvalue weighted by Gasteiger charge is -2.22. The summed E-state index contributed by atoms with van der Waals surface area (Å²) in [6.07, 6.45) is 4.52. The second kappa shape index (κ2) is 5.77. The maximum atomic E-state index is 11.5. The molecule has 1 aromatic rings. The van der Waals surface area contributed by atoms with Crippen molar-refractivity contribution in [2.45, 2.75) is 45.3 Å². The fourth-order valence-electron chi connectivity index (χ4n) is 2.00. The minimum absolute atomic E-state index is 0.0875. The minimum Gasteiger partial charge on any atom is -0.355 e. The molecule has 0 bridgehead atoms. The smallest absolute Gasteiger partial charge is 0.237 e. The zero-order valence-corrected chi connectivity index (χ0v) is 10.1. The molecule has 1 aliphatic rings. The van der Waals surface area contributed by atoms with Crippen LogP contribution >= 0.6 is 0 Å². The van der Waals surface area contributed by atoms with Crippen LogP contribution in [0.15, 0.2) is 6.33 Å². The number of rotatable bonds is 5. The van der Waals surface area contributed by atoms with Gasteiger partial charge in [0.2, 0.25) is 5.91 Å². The fraction of sp³-hybridized carbons (Fsp3) is 0.727. The number of carbonyl (C=O) groups is 1.